The monoisotopic (exact) mass is 557 g/mol. The number of aromatic amines is 1. The van der Waals surface area contributed by atoms with E-state index in [1.54, 1.807) is 30.3 Å². The predicted octanol–water partition coefficient (Wildman–Crippen LogP) is 8.17. The Morgan fingerprint density at radius 2 is 1.74 bits per heavy atom. The number of aromatic nitrogens is 2. The van der Waals surface area contributed by atoms with Crippen molar-refractivity contribution in [2.45, 2.75) is 25.8 Å². The van der Waals surface area contributed by atoms with Crippen LogP contribution in [0.3, 0.4) is 0 Å². The maximum absolute atomic E-state index is 13.3. The third kappa shape index (κ3) is 5.53. The molecule has 0 saturated carbocycles. The number of aromatic carboxylic acids is 1. The summed E-state index contributed by atoms with van der Waals surface area (Å²) < 4.78 is 0. The zero-order valence-electron chi connectivity index (χ0n) is 21.0. The molecule has 0 saturated heterocycles. The third-order valence-electron chi connectivity index (χ3n) is 6.57. The quantitative estimate of drug-likeness (QED) is 0.179. The zero-order valence-corrected chi connectivity index (χ0v) is 22.6. The van der Waals surface area contributed by atoms with Crippen LogP contribution in [0.15, 0.2) is 84.9 Å². The molecule has 6 nitrogen and oxygen atoms in total. The molecular weight excluding hydrogens is 533 g/mol. The number of nitrogens with zero attached hydrogens (tertiary/aromatic N) is 1. The minimum Gasteiger partial charge on any atom is -0.478 e. The van der Waals surface area contributed by atoms with Gasteiger partial charge in [-0.25, -0.2) is 9.78 Å². The molecule has 1 atom stereocenters. The molecule has 8 heteroatoms. The fourth-order valence-corrected chi connectivity index (χ4v) is 5.21. The van der Waals surface area contributed by atoms with Crippen molar-refractivity contribution in [3.05, 3.63) is 112 Å². The molecule has 1 aromatic heterocycles. The van der Waals surface area contributed by atoms with Gasteiger partial charge < -0.3 is 15.4 Å². The Labute approximate surface area is 235 Å². The maximum atomic E-state index is 13.3. The Morgan fingerprint density at radius 1 is 0.949 bits per heavy atom. The van der Waals surface area contributed by atoms with Crippen LogP contribution in [-0.2, 0) is 0 Å². The van der Waals surface area contributed by atoms with Crippen LogP contribution in [0.4, 0.5) is 0 Å². The van der Waals surface area contributed by atoms with E-state index in [1.165, 1.54) is 6.07 Å². The van der Waals surface area contributed by atoms with Crippen LogP contribution in [0.5, 0.6) is 0 Å². The van der Waals surface area contributed by atoms with E-state index >= 15 is 0 Å². The average molecular weight is 558 g/mol. The first-order valence-corrected chi connectivity index (χ1v) is 13.3. The molecule has 1 unspecified atom stereocenters. The van der Waals surface area contributed by atoms with E-state index in [0.717, 1.165) is 23.0 Å². The molecule has 0 bridgehead atoms. The minimum absolute atomic E-state index is 0.0390. The van der Waals surface area contributed by atoms with Crippen molar-refractivity contribution < 1.29 is 14.7 Å². The number of carbonyl (C=O) groups is 2. The normalized spacial score (nSPS) is 11.9. The molecule has 196 valence electrons. The van der Waals surface area contributed by atoms with E-state index in [-0.39, 0.29) is 23.1 Å². The van der Waals surface area contributed by atoms with Crippen molar-refractivity contribution in [1.29, 1.82) is 0 Å². The molecule has 0 aliphatic heterocycles. The molecule has 5 aromatic rings. The number of halogens is 2. The SMILES string of the molecule is CCCC(NC(=O)c1ccc(-c2c(Cl)cccc2-c2nc3ccccc3[nH]2)c(C(=O)O)c1)c1cccc(Cl)c1. The van der Waals surface area contributed by atoms with Crippen LogP contribution in [0, 0.1) is 0 Å². The highest BCUT2D eigenvalue weighted by Gasteiger charge is 2.23. The fraction of sp³-hybridized carbons (Fsp3) is 0.129. The Bertz CT molecular complexity index is 1660. The van der Waals surface area contributed by atoms with E-state index < -0.39 is 5.97 Å². The zero-order chi connectivity index (χ0) is 27.5. The maximum Gasteiger partial charge on any atom is 0.336 e. The van der Waals surface area contributed by atoms with Crippen LogP contribution in [0.2, 0.25) is 10.0 Å². The minimum atomic E-state index is -1.17. The number of carboxylic acid groups (broad SMARTS) is 1. The van der Waals surface area contributed by atoms with Gasteiger partial charge in [0.15, 0.2) is 0 Å². The number of imidazole rings is 1. The lowest BCUT2D eigenvalue weighted by Crippen LogP contribution is -2.28. The van der Waals surface area contributed by atoms with Gasteiger partial charge in [0, 0.05) is 26.7 Å². The summed E-state index contributed by atoms with van der Waals surface area (Å²) in [5.74, 6) is -0.981. The molecule has 1 amide bonds. The number of nitrogens with one attached hydrogen (secondary N) is 2. The fourth-order valence-electron chi connectivity index (χ4n) is 4.73. The number of rotatable bonds is 8. The molecule has 1 heterocycles. The van der Waals surface area contributed by atoms with Crippen LogP contribution in [0.1, 0.15) is 52.1 Å². The van der Waals surface area contributed by atoms with Gasteiger partial charge in [0.1, 0.15) is 5.82 Å². The van der Waals surface area contributed by atoms with Gasteiger partial charge in [-0.2, -0.15) is 0 Å². The van der Waals surface area contributed by atoms with Crippen molar-refractivity contribution in [2.24, 2.45) is 0 Å². The van der Waals surface area contributed by atoms with Gasteiger partial charge in [-0.05, 0) is 60.0 Å². The molecule has 0 aliphatic rings. The summed E-state index contributed by atoms with van der Waals surface area (Å²) in [6.45, 7) is 2.03. The second-order valence-electron chi connectivity index (χ2n) is 9.20. The van der Waals surface area contributed by atoms with Crippen molar-refractivity contribution in [3.8, 4) is 22.5 Å². The van der Waals surface area contributed by atoms with Gasteiger partial charge >= 0.3 is 5.97 Å². The highest BCUT2D eigenvalue weighted by Crippen LogP contribution is 2.39. The summed E-state index contributed by atoms with van der Waals surface area (Å²) in [5, 5.41) is 14.2. The number of hydrogen-bond acceptors (Lipinski definition) is 3. The first-order chi connectivity index (χ1) is 18.9. The number of H-pyrrole nitrogens is 1. The Balaban J connectivity index is 1.54. The summed E-state index contributed by atoms with van der Waals surface area (Å²) in [5.41, 5.74) is 4.28. The number of benzene rings is 4. The number of hydrogen-bond donors (Lipinski definition) is 3. The summed E-state index contributed by atoms with van der Waals surface area (Å²) in [6.07, 6.45) is 1.55. The van der Waals surface area contributed by atoms with Crippen molar-refractivity contribution in [1.82, 2.24) is 15.3 Å². The smallest absolute Gasteiger partial charge is 0.336 e. The highest BCUT2D eigenvalue weighted by atomic mass is 35.5. The Hall–Kier alpha value is -4.13. The lowest BCUT2D eigenvalue weighted by molar-refractivity contribution is 0.0697. The van der Waals surface area contributed by atoms with E-state index in [1.807, 2.05) is 55.5 Å². The van der Waals surface area contributed by atoms with E-state index in [4.69, 9.17) is 23.2 Å². The number of carbonyl (C=O) groups excluding carboxylic acids is 1. The van der Waals surface area contributed by atoms with Gasteiger partial charge in [-0.15, -0.1) is 0 Å². The molecule has 5 rings (SSSR count). The summed E-state index contributed by atoms with van der Waals surface area (Å²) in [4.78, 5) is 33.7. The van der Waals surface area contributed by atoms with Gasteiger partial charge in [0.05, 0.1) is 22.6 Å². The van der Waals surface area contributed by atoms with Crippen molar-refractivity contribution in [2.75, 3.05) is 0 Å². The average Bonchev–Trinajstić information content (AvgIpc) is 3.36. The first-order valence-electron chi connectivity index (χ1n) is 12.5. The predicted molar refractivity (Wildman–Crippen MR) is 156 cm³/mol. The van der Waals surface area contributed by atoms with Crippen molar-refractivity contribution in [3.63, 3.8) is 0 Å². The lowest BCUT2D eigenvalue weighted by Gasteiger charge is -2.20. The second kappa shape index (κ2) is 11.3. The molecule has 0 spiro atoms. The van der Waals surface area contributed by atoms with E-state index in [9.17, 15) is 14.7 Å². The molecule has 3 N–H and O–H groups in total. The number of fused-ring (bicyclic) bond motifs is 1. The molecular formula is C31H25Cl2N3O3. The molecule has 39 heavy (non-hydrogen) atoms. The first kappa shape index (κ1) is 26.5. The molecule has 0 radical (unpaired) electrons. The van der Waals surface area contributed by atoms with E-state index in [0.29, 0.717) is 39.0 Å². The molecule has 4 aromatic carbocycles. The van der Waals surface area contributed by atoms with Gasteiger partial charge in [-0.1, -0.05) is 79.0 Å². The Morgan fingerprint density at radius 3 is 2.49 bits per heavy atom. The summed E-state index contributed by atoms with van der Waals surface area (Å²) >= 11 is 12.8. The lowest BCUT2D eigenvalue weighted by atomic mass is 9.93. The van der Waals surface area contributed by atoms with E-state index in [2.05, 4.69) is 15.3 Å². The molecule has 0 fully saturated rings. The Kier molecular flexibility index (Phi) is 7.68. The van der Waals surface area contributed by atoms with Crippen molar-refractivity contribution >= 4 is 46.1 Å². The largest absolute Gasteiger partial charge is 0.478 e. The van der Waals surface area contributed by atoms with Gasteiger partial charge in [0.2, 0.25) is 0 Å². The summed E-state index contributed by atoms with van der Waals surface area (Å²) in [7, 11) is 0. The van der Waals surface area contributed by atoms with Crippen LogP contribution >= 0.6 is 23.2 Å². The second-order valence-corrected chi connectivity index (χ2v) is 10.0. The van der Waals surface area contributed by atoms with Gasteiger partial charge in [-0.3, -0.25) is 4.79 Å². The molecule has 0 aliphatic carbocycles. The highest BCUT2D eigenvalue weighted by molar-refractivity contribution is 6.34. The van der Waals surface area contributed by atoms with Crippen LogP contribution in [-0.4, -0.2) is 27.0 Å². The topological polar surface area (TPSA) is 95.1 Å². The third-order valence-corrected chi connectivity index (χ3v) is 7.12. The van der Waals surface area contributed by atoms with Crippen LogP contribution in [0.25, 0.3) is 33.5 Å². The van der Waals surface area contributed by atoms with Gasteiger partial charge in [0.25, 0.3) is 5.91 Å². The number of carboxylic acids is 1. The standard InChI is InChI=1S/C31H25Cl2N3O3/c1-2-7-25(18-8-5-9-20(32)16-18)36-30(37)19-14-15-21(23(17-19)31(38)39)28-22(10-6-11-24(28)33)29-34-26-12-3-4-13-27(26)35-29/h3-6,8-17,25H,2,7H2,1H3,(H,34,35)(H,36,37)(H,38,39). The summed E-state index contributed by atoms with van der Waals surface area (Å²) in [6, 6.07) is 24.7. The number of amides is 1. The number of para-hydroxylation sites is 2. The van der Waals surface area contributed by atoms with Crippen LogP contribution < -0.4 is 5.32 Å².